The number of nitrogens with two attached hydrogens (primary N) is 1. The Labute approximate surface area is 118 Å². The number of hydrogen-bond donors (Lipinski definition) is 2. The van der Waals surface area contributed by atoms with Crippen LogP contribution in [0.3, 0.4) is 0 Å². The van der Waals surface area contributed by atoms with Gasteiger partial charge in [-0.15, -0.1) is 5.10 Å². The minimum absolute atomic E-state index is 0.0101. The number of rotatable bonds is 4. The molecule has 0 aliphatic carbocycles. The van der Waals surface area contributed by atoms with E-state index in [0.717, 1.165) is 13.0 Å². The molecule has 2 unspecified atom stereocenters. The maximum absolute atomic E-state index is 12.1. The van der Waals surface area contributed by atoms with Gasteiger partial charge in [-0.25, -0.2) is 4.68 Å². The van der Waals surface area contributed by atoms with Crippen LogP contribution in [0.15, 0.2) is 6.20 Å². The second-order valence-corrected chi connectivity index (χ2v) is 5.67. The van der Waals surface area contributed by atoms with Crippen molar-refractivity contribution in [1.29, 1.82) is 0 Å². The van der Waals surface area contributed by atoms with Crippen molar-refractivity contribution in [2.75, 3.05) is 13.1 Å². The van der Waals surface area contributed by atoms with Crippen LogP contribution in [0.4, 0.5) is 0 Å². The van der Waals surface area contributed by atoms with Crippen LogP contribution >= 0.6 is 0 Å². The van der Waals surface area contributed by atoms with Gasteiger partial charge in [0.15, 0.2) is 0 Å². The smallest absolute Gasteiger partial charge is 0.242 e. The Hall–Kier alpha value is -1.47. The molecule has 20 heavy (non-hydrogen) atoms. The van der Waals surface area contributed by atoms with Crippen molar-refractivity contribution < 1.29 is 4.79 Å². The normalized spacial score (nSPS) is 26.4. The molecule has 3 rings (SSSR count). The Balaban J connectivity index is 1.53. The van der Waals surface area contributed by atoms with E-state index in [1.807, 2.05) is 0 Å². The van der Waals surface area contributed by atoms with E-state index in [9.17, 15) is 4.79 Å². The molecule has 2 saturated heterocycles. The van der Waals surface area contributed by atoms with Crippen LogP contribution in [0.5, 0.6) is 0 Å². The van der Waals surface area contributed by atoms with Crippen molar-refractivity contribution in [3.63, 3.8) is 0 Å². The zero-order chi connectivity index (χ0) is 13.9. The number of nitrogens with one attached hydrogen (secondary N) is 1. The van der Waals surface area contributed by atoms with Crippen molar-refractivity contribution in [3.05, 3.63) is 11.9 Å². The maximum Gasteiger partial charge on any atom is 0.242 e. The molecule has 0 bridgehead atoms. The summed E-state index contributed by atoms with van der Waals surface area (Å²) in [5.74, 6) is 0.0101. The first-order valence-electron chi connectivity index (χ1n) is 7.39. The first-order valence-corrected chi connectivity index (χ1v) is 7.39. The molecule has 1 aromatic rings. The van der Waals surface area contributed by atoms with Crippen molar-refractivity contribution in [2.24, 2.45) is 5.73 Å². The van der Waals surface area contributed by atoms with E-state index >= 15 is 0 Å². The lowest BCUT2D eigenvalue weighted by atomic mass is 9.99. The minimum atomic E-state index is 0.0101. The molecule has 0 aromatic carbocycles. The van der Waals surface area contributed by atoms with Gasteiger partial charge in [-0.3, -0.25) is 9.69 Å². The summed E-state index contributed by atoms with van der Waals surface area (Å²) in [6.07, 6.45) is 6.54. The van der Waals surface area contributed by atoms with Gasteiger partial charge < -0.3 is 11.1 Å². The lowest BCUT2D eigenvalue weighted by Gasteiger charge is -2.32. The van der Waals surface area contributed by atoms with Crippen molar-refractivity contribution in [2.45, 2.75) is 50.9 Å². The molecule has 1 amide bonds. The molecular weight excluding hydrogens is 256 g/mol. The number of carbonyl (C=O) groups is 1. The van der Waals surface area contributed by atoms with E-state index in [4.69, 9.17) is 5.73 Å². The van der Waals surface area contributed by atoms with Crippen LogP contribution in [0.25, 0.3) is 0 Å². The lowest BCUT2D eigenvalue weighted by Crippen LogP contribution is -2.47. The quantitative estimate of drug-likeness (QED) is 0.773. The third kappa shape index (κ3) is 2.83. The Morgan fingerprint density at radius 2 is 2.30 bits per heavy atom. The van der Waals surface area contributed by atoms with E-state index in [2.05, 4.69) is 20.5 Å². The largest absolute Gasteiger partial charge is 0.350 e. The van der Waals surface area contributed by atoms with Gasteiger partial charge in [0.25, 0.3) is 0 Å². The Morgan fingerprint density at radius 1 is 1.40 bits per heavy atom. The predicted molar refractivity (Wildman–Crippen MR) is 73.7 cm³/mol. The van der Waals surface area contributed by atoms with Crippen LogP contribution in [-0.2, 0) is 17.9 Å². The summed E-state index contributed by atoms with van der Waals surface area (Å²) in [5.41, 5.74) is 6.18. The molecule has 3 N–H and O–H groups in total. The third-order valence-corrected chi connectivity index (χ3v) is 4.30. The number of fused-ring (bicyclic) bond motifs is 1. The lowest BCUT2D eigenvalue weighted by molar-refractivity contribution is -0.122. The molecule has 0 spiro atoms. The molecular formula is C13H22N6O. The van der Waals surface area contributed by atoms with Crippen molar-refractivity contribution >= 4 is 5.91 Å². The highest BCUT2D eigenvalue weighted by Gasteiger charge is 2.36. The van der Waals surface area contributed by atoms with Gasteiger partial charge >= 0.3 is 0 Å². The van der Waals surface area contributed by atoms with Gasteiger partial charge in [-0.2, -0.15) is 0 Å². The SMILES string of the molecule is NCc1cn(CC(=O)NC2CCN3CCCCC23)nn1. The van der Waals surface area contributed by atoms with E-state index < -0.39 is 0 Å². The summed E-state index contributed by atoms with van der Waals surface area (Å²) in [5, 5.41) is 10.9. The van der Waals surface area contributed by atoms with Gasteiger partial charge in [-0.05, 0) is 25.8 Å². The highest BCUT2D eigenvalue weighted by Crippen LogP contribution is 2.27. The molecule has 7 nitrogen and oxygen atoms in total. The van der Waals surface area contributed by atoms with Gasteiger partial charge in [0.2, 0.25) is 5.91 Å². The van der Waals surface area contributed by atoms with Gasteiger partial charge in [-0.1, -0.05) is 11.6 Å². The molecule has 2 fully saturated rings. The van der Waals surface area contributed by atoms with Gasteiger partial charge in [0.1, 0.15) is 6.54 Å². The number of nitrogens with zero attached hydrogens (tertiary/aromatic N) is 4. The zero-order valence-corrected chi connectivity index (χ0v) is 11.7. The molecule has 0 saturated carbocycles. The Bertz CT molecular complexity index is 473. The average Bonchev–Trinajstić information content (AvgIpc) is 3.06. The van der Waals surface area contributed by atoms with E-state index in [1.165, 1.54) is 25.8 Å². The van der Waals surface area contributed by atoms with E-state index in [1.54, 1.807) is 10.9 Å². The van der Waals surface area contributed by atoms with Crippen molar-refractivity contribution in [3.8, 4) is 0 Å². The first-order chi connectivity index (χ1) is 9.76. The number of amides is 1. The summed E-state index contributed by atoms with van der Waals surface area (Å²) in [7, 11) is 0. The number of hydrogen-bond acceptors (Lipinski definition) is 5. The fourth-order valence-corrected chi connectivity index (χ4v) is 3.32. The summed E-state index contributed by atoms with van der Waals surface area (Å²) in [6, 6.07) is 0.823. The summed E-state index contributed by atoms with van der Waals surface area (Å²) in [6.45, 7) is 2.85. The van der Waals surface area contributed by atoms with Crippen LogP contribution in [-0.4, -0.2) is 51.0 Å². The topological polar surface area (TPSA) is 89.1 Å². The summed E-state index contributed by atoms with van der Waals surface area (Å²) < 4.78 is 1.55. The highest BCUT2D eigenvalue weighted by atomic mass is 16.2. The third-order valence-electron chi connectivity index (χ3n) is 4.30. The Morgan fingerprint density at radius 3 is 3.10 bits per heavy atom. The molecule has 7 heteroatoms. The second kappa shape index (κ2) is 5.88. The number of carbonyl (C=O) groups excluding carboxylic acids is 1. The average molecular weight is 278 g/mol. The molecule has 110 valence electrons. The molecule has 2 aliphatic heterocycles. The van der Waals surface area contributed by atoms with Gasteiger partial charge in [0, 0.05) is 25.2 Å². The summed E-state index contributed by atoms with van der Waals surface area (Å²) >= 11 is 0. The number of aromatic nitrogens is 3. The van der Waals surface area contributed by atoms with Crippen molar-refractivity contribution in [1.82, 2.24) is 25.2 Å². The summed E-state index contributed by atoms with van der Waals surface area (Å²) in [4.78, 5) is 14.6. The monoisotopic (exact) mass is 278 g/mol. The minimum Gasteiger partial charge on any atom is -0.350 e. The fourth-order valence-electron chi connectivity index (χ4n) is 3.32. The van der Waals surface area contributed by atoms with Crippen LogP contribution in [0, 0.1) is 0 Å². The van der Waals surface area contributed by atoms with Crippen LogP contribution < -0.4 is 11.1 Å². The highest BCUT2D eigenvalue weighted by molar-refractivity contribution is 5.76. The van der Waals surface area contributed by atoms with E-state index in [0.29, 0.717) is 24.3 Å². The maximum atomic E-state index is 12.1. The van der Waals surface area contributed by atoms with Crippen LogP contribution in [0.1, 0.15) is 31.4 Å². The second-order valence-electron chi connectivity index (χ2n) is 5.67. The fraction of sp³-hybridized carbons (Fsp3) is 0.769. The molecule has 0 radical (unpaired) electrons. The molecule has 3 heterocycles. The number of piperidine rings is 1. The van der Waals surface area contributed by atoms with Gasteiger partial charge in [0.05, 0.1) is 11.9 Å². The first kappa shape index (κ1) is 13.5. The predicted octanol–water partition coefficient (Wildman–Crippen LogP) is -0.520. The van der Waals surface area contributed by atoms with Crippen LogP contribution in [0.2, 0.25) is 0 Å². The zero-order valence-electron chi connectivity index (χ0n) is 11.7. The van der Waals surface area contributed by atoms with E-state index in [-0.39, 0.29) is 12.5 Å². The molecule has 2 aliphatic rings. The standard InChI is InChI=1S/C13H22N6O/c14-7-10-8-19(17-16-10)9-13(20)15-11-4-6-18-5-2-1-3-12(11)18/h8,11-12H,1-7,9,14H2,(H,15,20). The Kier molecular flexibility index (Phi) is 3.98. The molecule has 2 atom stereocenters. The molecule has 1 aromatic heterocycles.